The quantitative estimate of drug-likeness (QED) is 0.577. The molecule has 1 aromatic rings. The van der Waals surface area contributed by atoms with Crippen LogP contribution in [0.3, 0.4) is 0 Å². The molecule has 1 aromatic heterocycles. The number of Topliss-reactive ketones (excluding diaryl/α,β-unsaturated/α-hetero) is 2. The average Bonchev–Trinajstić information content (AvgIpc) is 2.82. The molecule has 0 unspecified atom stereocenters. The molecule has 0 radical (unpaired) electrons. The van der Waals surface area contributed by atoms with Gasteiger partial charge in [0, 0.05) is 5.57 Å². The largest absolute Gasteiger partial charge is 0.285 e. The molecule has 1 aliphatic carbocycles. The Morgan fingerprint density at radius 1 is 1.27 bits per heavy atom. The topological polar surface area (TPSA) is 34.1 Å². The van der Waals surface area contributed by atoms with Gasteiger partial charge in [0.1, 0.15) is 0 Å². The number of hydrogen-bond donors (Lipinski definition) is 0. The van der Waals surface area contributed by atoms with Crippen molar-refractivity contribution >= 4 is 22.9 Å². The summed E-state index contributed by atoms with van der Waals surface area (Å²) in [5.74, 6) is -0.742. The van der Waals surface area contributed by atoms with Gasteiger partial charge in [-0.1, -0.05) is 24.3 Å². The smallest absolute Gasteiger partial charge is 0.243 e. The lowest BCUT2D eigenvalue weighted by Gasteiger charge is -2.05. The van der Waals surface area contributed by atoms with E-state index in [1.807, 2.05) is 12.2 Å². The van der Waals surface area contributed by atoms with Crippen LogP contribution in [0.5, 0.6) is 0 Å². The molecule has 0 amide bonds. The number of hydrogen-bond acceptors (Lipinski definition) is 3. The SMILES string of the molecule is O=C(C(=O)c1cccs1)C1=CC=CCC1. The molecule has 15 heavy (non-hydrogen) atoms. The van der Waals surface area contributed by atoms with Crippen molar-refractivity contribution in [1.82, 2.24) is 0 Å². The van der Waals surface area contributed by atoms with Gasteiger partial charge in [0.2, 0.25) is 11.6 Å². The first-order valence-electron chi connectivity index (χ1n) is 4.77. The number of carbonyl (C=O) groups is 2. The van der Waals surface area contributed by atoms with Crippen molar-refractivity contribution in [1.29, 1.82) is 0 Å². The number of thiophene rings is 1. The zero-order chi connectivity index (χ0) is 10.7. The first kappa shape index (κ1) is 10.1. The van der Waals surface area contributed by atoms with E-state index < -0.39 is 0 Å². The monoisotopic (exact) mass is 218 g/mol. The van der Waals surface area contributed by atoms with Gasteiger partial charge in [0.05, 0.1) is 4.88 Å². The fraction of sp³-hybridized carbons (Fsp3) is 0.167. The van der Waals surface area contributed by atoms with E-state index in [0.29, 0.717) is 16.9 Å². The highest BCUT2D eigenvalue weighted by molar-refractivity contribution is 7.13. The Morgan fingerprint density at radius 2 is 2.13 bits per heavy atom. The highest BCUT2D eigenvalue weighted by Crippen LogP contribution is 2.17. The molecule has 0 fully saturated rings. The molecule has 1 heterocycles. The predicted octanol–water partition coefficient (Wildman–Crippen LogP) is 2.78. The Kier molecular flexibility index (Phi) is 2.92. The molecule has 0 saturated heterocycles. The molecule has 1 aliphatic rings. The van der Waals surface area contributed by atoms with Crippen LogP contribution in [0.4, 0.5) is 0 Å². The highest BCUT2D eigenvalue weighted by atomic mass is 32.1. The van der Waals surface area contributed by atoms with Crippen molar-refractivity contribution in [2.45, 2.75) is 12.8 Å². The highest BCUT2D eigenvalue weighted by Gasteiger charge is 2.21. The minimum Gasteiger partial charge on any atom is -0.285 e. The van der Waals surface area contributed by atoms with Crippen LogP contribution in [0.15, 0.2) is 41.3 Å². The van der Waals surface area contributed by atoms with Crippen molar-refractivity contribution in [3.05, 3.63) is 46.2 Å². The third kappa shape index (κ3) is 2.13. The summed E-state index contributed by atoms with van der Waals surface area (Å²) < 4.78 is 0. The fourth-order valence-corrected chi connectivity index (χ4v) is 2.12. The van der Waals surface area contributed by atoms with Crippen LogP contribution in [0, 0.1) is 0 Å². The summed E-state index contributed by atoms with van der Waals surface area (Å²) in [5, 5.41) is 1.80. The van der Waals surface area contributed by atoms with Gasteiger partial charge < -0.3 is 0 Å². The minimum absolute atomic E-state index is 0.359. The van der Waals surface area contributed by atoms with Crippen molar-refractivity contribution in [2.24, 2.45) is 0 Å². The maximum atomic E-state index is 11.8. The van der Waals surface area contributed by atoms with Gasteiger partial charge in [-0.25, -0.2) is 0 Å². The summed E-state index contributed by atoms with van der Waals surface area (Å²) in [6.07, 6.45) is 7.07. The van der Waals surface area contributed by atoms with Crippen molar-refractivity contribution in [3.8, 4) is 0 Å². The normalized spacial score (nSPS) is 14.8. The van der Waals surface area contributed by atoms with Gasteiger partial charge in [-0.05, 0) is 24.3 Å². The Balaban J connectivity index is 2.18. The minimum atomic E-state index is -0.383. The van der Waals surface area contributed by atoms with Gasteiger partial charge >= 0.3 is 0 Å². The molecule has 0 saturated carbocycles. The van der Waals surface area contributed by atoms with Crippen LogP contribution >= 0.6 is 11.3 Å². The van der Waals surface area contributed by atoms with Crippen LogP contribution in [0.2, 0.25) is 0 Å². The van der Waals surface area contributed by atoms with Gasteiger partial charge in [0.25, 0.3) is 0 Å². The van der Waals surface area contributed by atoms with Crippen molar-refractivity contribution in [3.63, 3.8) is 0 Å². The van der Waals surface area contributed by atoms with E-state index in [1.165, 1.54) is 11.3 Å². The molecule has 2 nitrogen and oxygen atoms in total. The standard InChI is InChI=1S/C12H10O2S/c13-11(9-5-2-1-3-6-9)12(14)10-7-4-8-15-10/h1-2,4-5,7-8H,3,6H2. The first-order valence-corrected chi connectivity index (χ1v) is 5.65. The molecule has 0 bridgehead atoms. The van der Waals surface area contributed by atoms with Crippen LogP contribution in [0.25, 0.3) is 0 Å². The molecule has 0 atom stereocenters. The van der Waals surface area contributed by atoms with Crippen LogP contribution in [-0.4, -0.2) is 11.6 Å². The molecule has 76 valence electrons. The van der Waals surface area contributed by atoms with Crippen molar-refractivity contribution < 1.29 is 9.59 Å². The zero-order valence-corrected chi connectivity index (χ0v) is 8.92. The molecule has 0 aliphatic heterocycles. The lowest BCUT2D eigenvalue weighted by atomic mass is 9.98. The molecule has 0 N–H and O–H groups in total. The van der Waals surface area contributed by atoms with E-state index in [0.717, 1.165) is 6.42 Å². The summed E-state index contributed by atoms with van der Waals surface area (Å²) >= 11 is 1.31. The Morgan fingerprint density at radius 3 is 2.73 bits per heavy atom. The van der Waals surface area contributed by atoms with Crippen LogP contribution in [-0.2, 0) is 4.79 Å². The van der Waals surface area contributed by atoms with E-state index >= 15 is 0 Å². The second kappa shape index (κ2) is 4.36. The number of carbonyl (C=O) groups excluding carboxylic acids is 2. The zero-order valence-electron chi connectivity index (χ0n) is 8.10. The Hall–Kier alpha value is -1.48. The molecule has 0 spiro atoms. The summed E-state index contributed by atoms with van der Waals surface area (Å²) in [6.45, 7) is 0. The first-order chi connectivity index (χ1) is 7.29. The van der Waals surface area contributed by atoms with E-state index in [9.17, 15) is 9.59 Å². The predicted molar refractivity (Wildman–Crippen MR) is 60.1 cm³/mol. The molecule has 0 aromatic carbocycles. The number of allylic oxidation sites excluding steroid dienone is 4. The second-order valence-corrected chi connectivity index (χ2v) is 4.24. The number of rotatable bonds is 3. The maximum Gasteiger partial charge on any atom is 0.243 e. The Labute approximate surface area is 91.9 Å². The second-order valence-electron chi connectivity index (χ2n) is 3.29. The number of ketones is 2. The maximum absolute atomic E-state index is 11.8. The van der Waals surface area contributed by atoms with Crippen LogP contribution in [0.1, 0.15) is 22.5 Å². The third-order valence-electron chi connectivity index (χ3n) is 2.26. The van der Waals surface area contributed by atoms with Gasteiger partial charge in [-0.2, -0.15) is 0 Å². The van der Waals surface area contributed by atoms with Gasteiger partial charge in [-0.15, -0.1) is 11.3 Å². The summed E-state index contributed by atoms with van der Waals surface area (Å²) in [7, 11) is 0. The van der Waals surface area contributed by atoms with E-state index in [4.69, 9.17) is 0 Å². The van der Waals surface area contributed by atoms with Gasteiger partial charge in [-0.3, -0.25) is 9.59 Å². The average molecular weight is 218 g/mol. The Bertz CT molecular complexity index is 438. The summed E-state index contributed by atoms with van der Waals surface area (Å²) in [5.41, 5.74) is 0.621. The lowest BCUT2D eigenvalue weighted by Crippen LogP contribution is -2.16. The third-order valence-corrected chi connectivity index (χ3v) is 3.13. The summed E-state index contributed by atoms with van der Waals surface area (Å²) in [6, 6.07) is 3.46. The van der Waals surface area contributed by atoms with Crippen molar-refractivity contribution in [2.75, 3.05) is 0 Å². The lowest BCUT2D eigenvalue weighted by molar-refractivity contribution is -0.112. The van der Waals surface area contributed by atoms with E-state index in [1.54, 1.807) is 23.6 Å². The van der Waals surface area contributed by atoms with Gasteiger partial charge in [0.15, 0.2) is 0 Å². The van der Waals surface area contributed by atoms with E-state index in [-0.39, 0.29) is 11.6 Å². The molecule has 3 heteroatoms. The van der Waals surface area contributed by atoms with Crippen LogP contribution < -0.4 is 0 Å². The molecular formula is C12H10O2S. The molecular weight excluding hydrogens is 208 g/mol. The van der Waals surface area contributed by atoms with E-state index in [2.05, 4.69) is 0 Å². The molecule has 2 rings (SSSR count). The fourth-order valence-electron chi connectivity index (χ4n) is 1.46. The summed E-state index contributed by atoms with van der Waals surface area (Å²) in [4.78, 5) is 24.0.